The first-order valence-corrected chi connectivity index (χ1v) is 12.6. The van der Waals surface area contributed by atoms with Crippen molar-refractivity contribution in [2.75, 3.05) is 26.9 Å². The Hall–Kier alpha value is -2.79. The first-order chi connectivity index (χ1) is 16.7. The predicted octanol–water partition coefficient (Wildman–Crippen LogP) is 5.77. The van der Waals surface area contributed by atoms with Crippen molar-refractivity contribution in [3.05, 3.63) is 64.7 Å². The summed E-state index contributed by atoms with van der Waals surface area (Å²) in [6.07, 6.45) is 9.59. The van der Waals surface area contributed by atoms with Gasteiger partial charge in [-0.1, -0.05) is 30.3 Å². The van der Waals surface area contributed by atoms with E-state index in [2.05, 4.69) is 24.3 Å². The number of carbonyl (C=O) groups is 1. The molecule has 5 heteroatoms. The van der Waals surface area contributed by atoms with E-state index in [9.17, 15) is 4.79 Å². The van der Waals surface area contributed by atoms with Gasteiger partial charge in [-0.2, -0.15) is 0 Å². The van der Waals surface area contributed by atoms with Crippen molar-refractivity contribution in [2.45, 2.75) is 57.0 Å². The summed E-state index contributed by atoms with van der Waals surface area (Å²) in [4.78, 5) is 11.7. The molecular formula is C29H32O5. The lowest BCUT2D eigenvalue weighted by atomic mass is 9.71. The van der Waals surface area contributed by atoms with Crippen molar-refractivity contribution in [3.63, 3.8) is 0 Å². The van der Waals surface area contributed by atoms with Gasteiger partial charge in [-0.3, -0.25) is 4.79 Å². The van der Waals surface area contributed by atoms with Gasteiger partial charge in [0.25, 0.3) is 0 Å². The van der Waals surface area contributed by atoms with Gasteiger partial charge in [0.2, 0.25) is 0 Å². The molecule has 34 heavy (non-hydrogen) atoms. The van der Waals surface area contributed by atoms with Crippen LogP contribution in [0, 0.1) is 5.41 Å². The second kappa shape index (κ2) is 8.77. The van der Waals surface area contributed by atoms with Crippen LogP contribution in [0.4, 0.5) is 0 Å². The predicted molar refractivity (Wildman–Crippen MR) is 129 cm³/mol. The average Bonchev–Trinajstić information content (AvgIpc) is 3.57. The van der Waals surface area contributed by atoms with Gasteiger partial charge in [-0.15, -0.1) is 0 Å². The third-order valence-corrected chi connectivity index (χ3v) is 8.28. The molecule has 2 aromatic carbocycles. The van der Waals surface area contributed by atoms with Gasteiger partial charge in [0.1, 0.15) is 17.6 Å². The Balaban J connectivity index is 1.22. The van der Waals surface area contributed by atoms with Crippen LogP contribution in [0.3, 0.4) is 0 Å². The van der Waals surface area contributed by atoms with E-state index in [0.717, 1.165) is 56.0 Å². The minimum absolute atomic E-state index is 0.0449. The molecule has 0 bridgehead atoms. The number of methoxy groups -OCH3 is 1. The van der Waals surface area contributed by atoms with E-state index < -0.39 is 0 Å². The second-order valence-electron chi connectivity index (χ2n) is 10.1. The number of carbonyl (C=O) groups excluding carboxylic acids is 1. The van der Waals surface area contributed by atoms with Gasteiger partial charge in [0, 0.05) is 36.2 Å². The Bertz CT molecular complexity index is 1130. The molecule has 0 saturated carbocycles. The van der Waals surface area contributed by atoms with Gasteiger partial charge < -0.3 is 18.9 Å². The molecule has 1 saturated heterocycles. The monoisotopic (exact) mass is 460 g/mol. The molecule has 2 heterocycles. The fraction of sp³-hybridized carbons (Fsp3) is 0.483. The molecule has 0 radical (unpaired) electrons. The number of fused-ring (bicyclic) bond motifs is 2. The summed E-state index contributed by atoms with van der Waals surface area (Å²) in [5, 5.41) is 0. The Morgan fingerprint density at radius 1 is 1.12 bits per heavy atom. The minimum Gasteiger partial charge on any atom is -0.492 e. The van der Waals surface area contributed by atoms with E-state index in [1.54, 1.807) is 5.57 Å². The van der Waals surface area contributed by atoms with Crippen LogP contribution >= 0.6 is 0 Å². The van der Waals surface area contributed by atoms with Crippen LogP contribution < -0.4 is 9.47 Å². The molecule has 0 aromatic heterocycles. The van der Waals surface area contributed by atoms with Crippen LogP contribution in [0.1, 0.15) is 72.8 Å². The SMILES string of the molecule is COC(=O)CC1COc2cc(O[C@@H]3CCc4c(C5=CCCC56CCOCC6)cccc43)ccc21. The van der Waals surface area contributed by atoms with Crippen molar-refractivity contribution in [1.82, 2.24) is 0 Å². The fourth-order valence-electron chi connectivity index (χ4n) is 6.46. The van der Waals surface area contributed by atoms with Crippen LogP contribution in [0.2, 0.25) is 0 Å². The maximum atomic E-state index is 11.7. The molecule has 1 unspecified atom stereocenters. The Morgan fingerprint density at radius 2 is 2.00 bits per heavy atom. The van der Waals surface area contributed by atoms with Crippen LogP contribution in [0.15, 0.2) is 42.5 Å². The number of hydrogen-bond acceptors (Lipinski definition) is 5. The summed E-state index contributed by atoms with van der Waals surface area (Å²) in [7, 11) is 1.42. The molecule has 2 aliphatic carbocycles. The van der Waals surface area contributed by atoms with Gasteiger partial charge in [-0.25, -0.2) is 0 Å². The zero-order valence-electron chi connectivity index (χ0n) is 19.8. The highest BCUT2D eigenvalue weighted by Crippen LogP contribution is 2.53. The van der Waals surface area contributed by atoms with Gasteiger partial charge in [-0.05, 0) is 66.9 Å². The van der Waals surface area contributed by atoms with Crippen molar-refractivity contribution in [2.24, 2.45) is 5.41 Å². The number of allylic oxidation sites excluding steroid dienone is 2. The first-order valence-electron chi connectivity index (χ1n) is 12.6. The summed E-state index contributed by atoms with van der Waals surface area (Å²) in [6, 6.07) is 12.8. The minimum atomic E-state index is -0.208. The average molecular weight is 461 g/mol. The molecule has 4 aliphatic rings. The van der Waals surface area contributed by atoms with E-state index in [1.807, 2.05) is 18.2 Å². The molecule has 1 spiro atoms. The van der Waals surface area contributed by atoms with Crippen molar-refractivity contribution >= 4 is 11.5 Å². The highest BCUT2D eigenvalue weighted by Gasteiger charge is 2.41. The Morgan fingerprint density at radius 3 is 2.85 bits per heavy atom. The summed E-state index contributed by atoms with van der Waals surface area (Å²) >= 11 is 0. The van der Waals surface area contributed by atoms with E-state index >= 15 is 0 Å². The van der Waals surface area contributed by atoms with Crippen molar-refractivity contribution in [1.29, 1.82) is 0 Å². The zero-order chi connectivity index (χ0) is 23.1. The van der Waals surface area contributed by atoms with E-state index in [1.165, 1.54) is 36.6 Å². The van der Waals surface area contributed by atoms with Gasteiger partial charge in [0.05, 0.1) is 20.1 Å². The van der Waals surface area contributed by atoms with Gasteiger partial charge >= 0.3 is 5.97 Å². The number of ether oxygens (including phenoxy) is 4. The largest absolute Gasteiger partial charge is 0.492 e. The third-order valence-electron chi connectivity index (χ3n) is 8.28. The third kappa shape index (κ3) is 3.70. The van der Waals surface area contributed by atoms with Crippen LogP contribution in [-0.2, 0) is 20.7 Å². The molecule has 0 N–H and O–H groups in total. The van der Waals surface area contributed by atoms with E-state index in [0.29, 0.717) is 18.4 Å². The standard InChI is InChI=1S/C29H32O5/c1-31-28(30)16-19-18-33-27-17-20(7-8-21(19)27)34-26-10-9-22-23(4-2-5-24(22)26)25-6-3-11-29(25)12-14-32-15-13-29/h2,4-8,17,19,26H,3,9-16,18H2,1H3/t19?,26-/m1/s1. The normalized spacial score (nSPS) is 24.3. The molecule has 0 amide bonds. The number of hydrogen-bond donors (Lipinski definition) is 0. The molecular weight excluding hydrogens is 428 g/mol. The quantitative estimate of drug-likeness (QED) is 0.531. The van der Waals surface area contributed by atoms with E-state index in [-0.39, 0.29) is 18.0 Å². The number of benzene rings is 2. The Kier molecular flexibility index (Phi) is 5.60. The lowest BCUT2D eigenvalue weighted by molar-refractivity contribution is -0.141. The molecule has 6 rings (SSSR count). The summed E-state index contributed by atoms with van der Waals surface area (Å²) in [5.41, 5.74) is 7.12. The lowest BCUT2D eigenvalue weighted by Gasteiger charge is -2.37. The van der Waals surface area contributed by atoms with E-state index in [4.69, 9.17) is 18.9 Å². The molecule has 178 valence electrons. The molecule has 2 atom stereocenters. The highest BCUT2D eigenvalue weighted by atomic mass is 16.5. The summed E-state index contributed by atoms with van der Waals surface area (Å²) in [6.45, 7) is 2.25. The van der Waals surface area contributed by atoms with Crippen LogP contribution in [0.5, 0.6) is 11.5 Å². The second-order valence-corrected chi connectivity index (χ2v) is 10.1. The Labute approximate surface area is 201 Å². The summed E-state index contributed by atoms with van der Waals surface area (Å²) < 4.78 is 22.9. The van der Waals surface area contributed by atoms with Crippen LogP contribution in [-0.4, -0.2) is 32.9 Å². The summed E-state index contributed by atoms with van der Waals surface area (Å²) in [5.74, 6) is 1.47. The lowest BCUT2D eigenvalue weighted by Crippen LogP contribution is -2.29. The maximum Gasteiger partial charge on any atom is 0.306 e. The molecule has 2 aliphatic heterocycles. The smallest absolute Gasteiger partial charge is 0.306 e. The van der Waals surface area contributed by atoms with Crippen molar-refractivity contribution in [3.8, 4) is 11.5 Å². The molecule has 5 nitrogen and oxygen atoms in total. The van der Waals surface area contributed by atoms with Crippen LogP contribution in [0.25, 0.3) is 5.57 Å². The molecule has 2 aromatic rings. The fourth-order valence-corrected chi connectivity index (χ4v) is 6.46. The molecule has 1 fully saturated rings. The highest BCUT2D eigenvalue weighted by molar-refractivity contribution is 5.76. The topological polar surface area (TPSA) is 54.0 Å². The zero-order valence-corrected chi connectivity index (χ0v) is 19.8. The number of rotatable bonds is 5. The number of esters is 1. The maximum absolute atomic E-state index is 11.7. The van der Waals surface area contributed by atoms with Gasteiger partial charge in [0.15, 0.2) is 0 Å². The van der Waals surface area contributed by atoms with Crippen molar-refractivity contribution < 1.29 is 23.7 Å². The first kappa shape index (κ1) is 21.7.